The van der Waals surface area contributed by atoms with Crippen molar-refractivity contribution in [1.29, 1.82) is 5.41 Å². The van der Waals surface area contributed by atoms with Gasteiger partial charge in [0.2, 0.25) is 23.7 Å². The first-order valence-corrected chi connectivity index (χ1v) is 17.0. The quantitative estimate of drug-likeness (QED) is 0.125. The average molecular weight is 688 g/mol. The summed E-state index contributed by atoms with van der Waals surface area (Å²) in [6.07, 6.45) is 4.61. The van der Waals surface area contributed by atoms with Crippen molar-refractivity contribution in [3.05, 3.63) is 58.7 Å². The molecule has 6 N–H and O–H groups in total. The molecule has 0 saturated carbocycles. The van der Waals surface area contributed by atoms with Gasteiger partial charge in [-0.05, 0) is 75.4 Å². The van der Waals surface area contributed by atoms with Crippen molar-refractivity contribution in [3.8, 4) is 0 Å². The SMILES string of the molecule is CNc1cc(N2CCC(Nc3ncc(Cl)c(Nc4ccc5c(c4)N(CCC(C)(C)O)C(=O)C5)n3)CC2)ccc1C(=N)C1CCC(=O)NC1=O. The Morgan fingerprint density at radius 3 is 2.61 bits per heavy atom. The van der Waals surface area contributed by atoms with E-state index < -0.39 is 17.4 Å². The third kappa shape index (κ3) is 7.78. The van der Waals surface area contributed by atoms with Crippen LogP contribution in [0.3, 0.4) is 0 Å². The molecule has 6 rings (SSSR count). The summed E-state index contributed by atoms with van der Waals surface area (Å²) in [5.74, 6) is -0.436. The third-order valence-electron chi connectivity index (χ3n) is 9.32. The number of anilines is 6. The lowest BCUT2D eigenvalue weighted by molar-refractivity contribution is -0.134. The van der Waals surface area contributed by atoms with Crippen molar-refractivity contribution < 1.29 is 19.5 Å². The number of fused-ring (bicyclic) bond motifs is 1. The Hall–Kier alpha value is -4.75. The zero-order valence-electron chi connectivity index (χ0n) is 27.9. The van der Waals surface area contributed by atoms with Gasteiger partial charge in [0.25, 0.3) is 0 Å². The number of carbonyl (C=O) groups excluding carboxylic acids is 3. The minimum Gasteiger partial charge on any atom is -0.390 e. The van der Waals surface area contributed by atoms with Gasteiger partial charge in [-0.25, -0.2) is 4.98 Å². The van der Waals surface area contributed by atoms with Gasteiger partial charge in [0.15, 0.2) is 5.82 Å². The molecule has 0 radical (unpaired) electrons. The number of nitrogens with zero attached hydrogens (tertiary/aromatic N) is 4. The Kier molecular flexibility index (Phi) is 9.75. The first kappa shape index (κ1) is 34.1. The molecule has 3 aliphatic heterocycles. The van der Waals surface area contributed by atoms with E-state index in [9.17, 15) is 19.5 Å². The average Bonchev–Trinajstić information content (AvgIpc) is 3.38. The molecule has 3 aromatic rings. The minimum absolute atomic E-state index is 0.0127. The van der Waals surface area contributed by atoms with Crippen LogP contribution in [-0.4, -0.2) is 76.8 Å². The van der Waals surface area contributed by atoms with Crippen LogP contribution in [0.4, 0.5) is 34.5 Å². The van der Waals surface area contributed by atoms with Crippen LogP contribution in [0.2, 0.25) is 5.02 Å². The van der Waals surface area contributed by atoms with Crippen LogP contribution in [0.25, 0.3) is 0 Å². The molecule has 3 amide bonds. The molecule has 0 spiro atoms. The Balaban J connectivity index is 1.07. The minimum atomic E-state index is -0.873. The Morgan fingerprint density at radius 2 is 1.90 bits per heavy atom. The van der Waals surface area contributed by atoms with E-state index in [2.05, 4.69) is 36.1 Å². The zero-order valence-corrected chi connectivity index (χ0v) is 28.7. The fourth-order valence-corrected chi connectivity index (χ4v) is 6.66. The second-order valence-corrected chi connectivity index (χ2v) is 13.9. The van der Waals surface area contributed by atoms with Gasteiger partial charge in [-0.1, -0.05) is 17.7 Å². The molecule has 2 aromatic carbocycles. The molecule has 4 heterocycles. The van der Waals surface area contributed by atoms with E-state index in [4.69, 9.17) is 17.0 Å². The molecule has 3 aliphatic rings. The molecule has 2 fully saturated rings. The molecule has 1 aromatic heterocycles. The zero-order chi connectivity index (χ0) is 34.9. The van der Waals surface area contributed by atoms with Gasteiger partial charge in [0.05, 0.1) is 29.8 Å². The molecule has 49 heavy (non-hydrogen) atoms. The predicted octanol–water partition coefficient (Wildman–Crippen LogP) is 4.47. The van der Waals surface area contributed by atoms with E-state index in [1.165, 1.54) is 0 Å². The standard InChI is InChI=1S/C35H42ClN9O4/c1-35(2,49)12-15-45-28-17-22(5-4-20(28)16-30(45)47)40-32-26(36)19-39-34(43-32)41-21-10-13-44(14-11-21)23-6-7-24(27(18-23)38-3)31(37)25-8-9-29(46)42-33(25)48/h4-7,17-19,21,25,37-38,49H,8-16H2,1-3H3,(H,42,46,48)(H2,39,40,41,43). The molecule has 1 unspecified atom stereocenters. The lowest BCUT2D eigenvalue weighted by Crippen LogP contribution is -2.44. The topological polar surface area (TPSA) is 176 Å². The van der Waals surface area contributed by atoms with Gasteiger partial charge in [0, 0.05) is 67.5 Å². The highest BCUT2D eigenvalue weighted by molar-refractivity contribution is 6.33. The summed E-state index contributed by atoms with van der Waals surface area (Å²) in [5, 5.41) is 31.5. The van der Waals surface area contributed by atoms with Gasteiger partial charge in [0.1, 0.15) is 5.02 Å². The maximum absolute atomic E-state index is 12.7. The first-order valence-electron chi connectivity index (χ1n) is 16.6. The lowest BCUT2D eigenvalue weighted by atomic mass is 9.88. The van der Waals surface area contributed by atoms with Gasteiger partial charge < -0.3 is 36.3 Å². The second kappa shape index (κ2) is 14.0. The number of benzene rings is 2. The monoisotopic (exact) mass is 687 g/mol. The third-order valence-corrected chi connectivity index (χ3v) is 9.59. The number of rotatable bonds is 11. The fourth-order valence-electron chi connectivity index (χ4n) is 6.52. The summed E-state index contributed by atoms with van der Waals surface area (Å²) in [6.45, 7) is 5.48. The normalized spacial score (nSPS) is 18.3. The Morgan fingerprint density at radius 1 is 1.12 bits per heavy atom. The summed E-state index contributed by atoms with van der Waals surface area (Å²) >= 11 is 6.49. The van der Waals surface area contributed by atoms with Crippen molar-refractivity contribution in [2.75, 3.05) is 52.4 Å². The summed E-state index contributed by atoms with van der Waals surface area (Å²) in [6, 6.07) is 11.7. The number of piperidine rings is 2. The van der Waals surface area contributed by atoms with E-state index in [0.717, 1.165) is 54.2 Å². The largest absolute Gasteiger partial charge is 0.390 e. The summed E-state index contributed by atoms with van der Waals surface area (Å²) in [5.41, 5.74) is 4.26. The Labute approximate surface area is 290 Å². The van der Waals surface area contributed by atoms with E-state index in [1.54, 1.807) is 32.0 Å². The number of aromatic nitrogens is 2. The fraction of sp³-hybridized carbons (Fsp3) is 0.429. The van der Waals surface area contributed by atoms with Crippen molar-refractivity contribution in [2.45, 2.75) is 64.0 Å². The molecule has 258 valence electrons. The highest BCUT2D eigenvalue weighted by Gasteiger charge is 2.32. The smallest absolute Gasteiger partial charge is 0.235 e. The van der Waals surface area contributed by atoms with E-state index in [-0.39, 0.29) is 30.0 Å². The maximum atomic E-state index is 12.7. The molecule has 14 heteroatoms. The molecule has 2 saturated heterocycles. The van der Waals surface area contributed by atoms with Gasteiger partial charge in [-0.2, -0.15) is 4.98 Å². The van der Waals surface area contributed by atoms with Crippen molar-refractivity contribution >= 4 is 69.5 Å². The van der Waals surface area contributed by atoms with Crippen molar-refractivity contribution in [2.24, 2.45) is 5.92 Å². The second-order valence-electron chi connectivity index (χ2n) is 13.4. The van der Waals surface area contributed by atoms with E-state index in [1.807, 2.05) is 36.4 Å². The molecule has 13 nitrogen and oxygen atoms in total. The van der Waals surface area contributed by atoms with Crippen molar-refractivity contribution in [3.63, 3.8) is 0 Å². The van der Waals surface area contributed by atoms with Crippen LogP contribution in [0, 0.1) is 11.3 Å². The van der Waals surface area contributed by atoms with Gasteiger partial charge in [-0.15, -0.1) is 0 Å². The van der Waals surface area contributed by atoms with Crippen LogP contribution in [0.5, 0.6) is 0 Å². The molecule has 0 bridgehead atoms. The van der Waals surface area contributed by atoms with Crippen LogP contribution < -0.4 is 31.1 Å². The number of halogens is 1. The van der Waals surface area contributed by atoms with E-state index >= 15 is 0 Å². The highest BCUT2D eigenvalue weighted by atomic mass is 35.5. The maximum Gasteiger partial charge on any atom is 0.235 e. The number of carbonyl (C=O) groups is 3. The summed E-state index contributed by atoms with van der Waals surface area (Å²) in [7, 11) is 1.80. The molecular formula is C35H42ClN9O4. The lowest BCUT2D eigenvalue weighted by Gasteiger charge is -2.34. The predicted molar refractivity (Wildman–Crippen MR) is 191 cm³/mol. The first-order chi connectivity index (χ1) is 23.4. The number of amides is 3. The van der Waals surface area contributed by atoms with Crippen LogP contribution in [-0.2, 0) is 20.8 Å². The molecule has 1 atom stereocenters. The number of aliphatic hydroxyl groups is 1. The molecule has 0 aliphatic carbocycles. The molecular weight excluding hydrogens is 646 g/mol. The van der Waals surface area contributed by atoms with Crippen LogP contribution in [0.15, 0.2) is 42.6 Å². The van der Waals surface area contributed by atoms with Crippen LogP contribution in [0.1, 0.15) is 57.1 Å². The summed E-state index contributed by atoms with van der Waals surface area (Å²) < 4.78 is 0. The number of nitrogens with one attached hydrogen (secondary N) is 5. The highest BCUT2D eigenvalue weighted by Crippen LogP contribution is 2.35. The van der Waals surface area contributed by atoms with E-state index in [0.29, 0.717) is 48.2 Å². The Bertz CT molecular complexity index is 1790. The van der Waals surface area contributed by atoms with Gasteiger partial charge >= 0.3 is 0 Å². The van der Waals surface area contributed by atoms with Crippen LogP contribution >= 0.6 is 11.6 Å². The number of hydrogen-bond acceptors (Lipinski definition) is 11. The van der Waals surface area contributed by atoms with Crippen molar-refractivity contribution in [1.82, 2.24) is 15.3 Å². The summed E-state index contributed by atoms with van der Waals surface area (Å²) in [4.78, 5) is 49.7. The van der Waals surface area contributed by atoms with Gasteiger partial charge in [-0.3, -0.25) is 19.7 Å². The number of hydrogen-bond donors (Lipinski definition) is 6. The number of imide groups is 1.